The summed E-state index contributed by atoms with van der Waals surface area (Å²) in [5, 5.41) is 10.5. The number of rotatable bonds is 9. The molecular formula is C27H42N6O. The molecule has 1 aliphatic carbocycles. The zero-order valence-electron chi connectivity index (χ0n) is 21.6. The lowest BCUT2D eigenvalue weighted by Gasteiger charge is -2.37. The number of hydrogen-bond donors (Lipinski definition) is 1. The van der Waals surface area contributed by atoms with Gasteiger partial charge < -0.3 is 14.6 Å². The molecule has 0 spiro atoms. The highest BCUT2D eigenvalue weighted by molar-refractivity contribution is 5.42. The van der Waals surface area contributed by atoms with Crippen LogP contribution in [0, 0.1) is 0 Å². The van der Waals surface area contributed by atoms with E-state index in [1.807, 2.05) is 19.2 Å². The van der Waals surface area contributed by atoms with Gasteiger partial charge in [-0.05, 0) is 78.3 Å². The van der Waals surface area contributed by atoms with Gasteiger partial charge in [-0.25, -0.2) is 4.98 Å². The highest BCUT2D eigenvalue weighted by Crippen LogP contribution is 2.35. The van der Waals surface area contributed by atoms with Gasteiger partial charge in [0.2, 0.25) is 0 Å². The van der Waals surface area contributed by atoms with Crippen molar-refractivity contribution in [1.29, 1.82) is 0 Å². The summed E-state index contributed by atoms with van der Waals surface area (Å²) < 4.78 is 2.22. The van der Waals surface area contributed by atoms with Crippen molar-refractivity contribution in [3.8, 4) is 0 Å². The topological polar surface area (TPSA) is 60.7 Å². The molecule has 7 heteroatoms. The van der Waals surface area contributed by atoms with Crippen LogP contribution < -0.4 is 0 Å². The molecule has 2 aromatic heterocycles. The van der Waals surface area contributed by atoms with Crippen molar-refractivity contribution in [3.63, 3.8) is 0 Å². The van der Waals surface area contributed by atoms with Crippen molar-refractivity contribution in [1.82, 2.24) is 29.2 Å². The maximum Gasteiger partial charge on any atom is 0.134 e. The number of likely N-dealkylation sites (N-methyl/N-ethyl adjacent to an activating group) is 1. The summed E-state index contributed by atoms with van der Waals surface area (Å²) in [7, 11) is 4.32. The summed E-state index contributed by atoms with van der Waals surface area (Å²) in [5.41, 5.74) is 4.50. The van der Waals surface area contributed by atoms with Crippen molar-refractivity contribution < 1.29 is 5.11 Å². The van der Waals surface area contributed by atoms with E-state index in [0.717, 1.165) is 49.8 Å². The van der Waals surface area contributed by atoms with Gasteiger partial charge >= 0.3 is 0 Å². The molecular weight excluding hydrogens is 424 g/mol. The van der Waals surface area contributed by atoms with E-state index < -0.39 is 0 Å². The highest BCUT2D eigenvalue weighted by atomic mass is 16.3. The van der Waals surface area contributed by atoms with E-state index >= 15 is 0 Å². The molecule has 186 valence electrons. The van der Waals surface area contributed by atoms with Crippen LogP contribution in [0.25, 0.3) is 6.08 Å². The predicted octanol–water partition coefficient (Wildman–Crippen LogP) is 3.68. The summed E-state index contributed by atoms with van der Waals surface area (Å²) in [6.45, 7) is 10.1. The molecule has 2 aromatic rings. The van der Waals surface area contributed by atoms with Crippen molar-refractivity contribution in [2.24, 2.45) is 0 Å². The fourth-order valence-corrected chi connectivity index (χ4v) is 5.59. The minimum atomic E-state index is -0.00369. The van der Waals surface area contributed by atoms with Crippen LogP contribution in [0.4, 0.5) is 0 Å². The quantitative estimate of drug-likeness (QED) is 0.608. The van der Waals surface area contributed by atoms with Gasteiger partial charge in [-0.3, -0.25) is 14.8 Å². The molecule has 3 heterocycles. The van der Waals surface area contributed by atoms with E-state index in [0.29, 0.717) is 18.6 Å². The summed E-state index contributed by atoms with van der Waals surface area (Å²) in [4.78, 5) is 17.2. The van der Waals surface area contributed by atoms with Crippen LogP contribution in [0.2, 0.25) is 0 Å². The van der Waals surface area contributed by atoms with E-state index in [1.54, 1.807) is 0 Å². The number of imidazole rings is 1. The van der Waals surface area contributed by atoms with E-state index in [2.05, 4.69) is 65.4 Å². The van der Waals surface area contributed by atoms with Crippen LogP contribution in [0.3, 0.4) is 0 Å². The summed E-state index contributed by atoms with van der Waals surface area (Å²) >= 11 is 0. The van der Waals surface area contributed by atoms with Gasteiger partial charge in [0.05, 0.1) is 36.4 Å². The Bertz CT molecular complexity index is 981. The lowest BCUT2D eigenvalue weighted by atomic mass is 9.90. The number of aliphatic hydroxyl groups excluding tert-OH is 1. The molecule has 0 amide bonds. The zero-order chi connectivity index (χ0) is 24.2. The Morgan fingerprint density at radius 1 is 1.26 bits per heavy atom. The average molecular weight is 467 g/mol. The molecule has 4 rings (SSSR count). The monoisotopic (exact) mass is 466 g/mol. The molecule has 0 aromatic carbocycles. The minimum absolute atomic E-state index is 0.00369. The van der Waals surface area contributed by atoms with Gasteiger partial charge in [-0.2, -0.15) is 0 Å². The van der Waals surface area contributed by atoms with Crippen LogP contribution in [0.15, 0.2) is 24.4 Å². The largest absolute Gasteiger partial charge is 0.390 e. The molecule has 0 saturated carbocycles. The van der Waals surface area contributed by atoms with Crippen LogP contribution >= 0.6 is 0 Å². The Morgan fingerprint density at radius 3 is 2.76 bits per heavy atom. The number of fused-ring (bicyclic) bond motifs is 1. The Labute approximate surface area is 205 Å². The normalized spacial score (nSPS) is 21.4. The molecule has 7 nitrogen and oxygen atoms in total. The summed E-state index contributed by atoms with van der Waals surface area (Å²) in [6.07, 6.45) is 10.6. The molecule has 1 unspecified atom stereocenters. The summed E-state index contributed by atoms with van der Waals surface area (Å²) in [5.74, 6) is 0.931. The third-order valence-electron chi connectivity index (χ3n) is 7.53. The van der Waals surface area contributed by atoms with Gasteiger partial charge in [-0.15, -0.1) is 0 Å². The molecule has 1 N–H and O–H groups in total. The van der Waals surface area contributed by atoms with Gasteiger partial charge in [-0.1, -0.05) is 12.1 Å². The molecule has 0 radical (unpaired) electrons. The zero-order valence-corrected chi connectivity index (χ0v) is 21.6. The Hall–Kier alpha value is -2.06. The van der Waals surface area contributed by atoms with Crippen LogP contribution in [0.5, 0.6) is 0 Å². The SMILES string of the molecule is C/C=C\c1nc(CN(C(C)C)[C@H]2CCCc3cccnc32)c(CO)n1CN1CCC(N(C)C)C1. The average Bonchev–Trinajstić information content (AvgIpc) is 3.42. The first kappa shape index (κ1) is 25.0. The molecule has 1 aliphatic heterocycles. The van der Waals surface area contributed by atoms with Gasteiger partial charge in [0.1, 0.15) is 5.82 Å². The lowest BCUT2D eigenvalue weighted by Crippen LogP contribution is -2.37. The van der Waals surface area contributed by atoms with Gasteiger partial charge in [0.25, 0.3) is 0 Å². The molecule has 34 heavy (non-hydrogen) atoms. The highest BCUT2D eigenvalue weighted by Gasteiger charge is 2.31. The maximum absolute atomic E-state index is 10.5. The fraction of sp³-hybridized carbons (Fsp3) is 0.630. The van der Waals surface area contributed by atoms with E-state index in [4.69, 9.17) is 9.97 Å². The number of pyridine rings is 1. The first-order valence-corrected chi connectivity index (χ1v) is 12.8. The first-order chi connectivity index (χ1) is 16.4. The first-order valence-electron chi connectivity index (χ1n) is 12.8. The number of likely N-dealkylation sites (tertiary alicyclic amines) is 1. The maximum atomic E-state index is 10.5. The molecule has 1 fully saturated rings. The number of allylic oxidation sites excluding steroid dienone is 1. The number of nitrogens with zero attached hydrogens (tertiary/aromatic N) is 6. The predicted molar refractivity (Wildman–Crippen MR) is 137 cm³/mol. The lowest BCUT2D eigenvalue weighted by molar-refractivity contribution is 0.122. The van der Waals surface area contributed by atoms with E-state index in [9.17, 15) is 5.11 Å². The number of aromatic nitrogens is 3. The number of hydrogen-bond acceptors (Lipinski definition) is 6. The number of aliphatic hydroxyl groups is 1. The van der Waals surface area contributed by atoms with Gasteiger partial charge in [0.15, 0.2) is 0 Å². The van der Waals surface area contributed by atoms with E-state index in [1.165, 1.54) is 24.1 Å². The molecule has 0 bridgehead atoms. The van der Waals surface area contributed by atoms with Crippen molar-refractivity contribution in [2.45, 2.75) is 84.4 Å². The van der Waals surface area contributed by atoms with Crippen molar-refractivity contribution in [3.05, 3.63) is 52.9 Å². The van der Waals surface area contributed by atoms with Gasteiger partial charge in [0, 0.05) is 37.9 Å². The van der Waals surface area contributed by atoms with Crippen LogP contribution in [-0.2, 0) is 26.2 Å². The standard InChI is InChI=1S/C27H42N6O/c1-6-9-26-29-23(25(18-34)33(26)19-31-15-13-22(16-31)30(4)5)17-32(20(2)3)24-12-7-10-21-11-8-14-28-27(21)24/h6,8-9,11,14,20,22,24,34H,7,10,12-13,15-19H2,1-5H3/b9-6-/t22?,24-/m0/s1. The molecule has 1 saturated heterocycles. The Kier molecular flexibility index (Phi) is 8.19. The second-order valence-electron chi connectivity index (χ2n) is 10.3. The smallest absolute Gasteiger partial charge is 0.134 e. The Morgan fingerprint density at radius 2 is 2.09 bits per heavy atom. The fourth-order valence-electron chi connectivity index (χ4n) is 5.59. The molecule has 2 aliphatic rings. The van der Waals surface area contributed by atoms with Crippen molar-refractivity contribution in [2.75, 3.05) is 27.2 Å². The molecule has 2 atom stereocenters. The third-order valence-corrected chi connectivity index (χ3v) is 7.53. The Balaban J connectivity index is 1.63. The minimum Gasteiger partial charge on any atom is -0.390 e. The third kappa shape index (κ3) is 5.28. The second kappa shape index (κ2) is 11.1. The second-order valence-corrected chi connectivity index (χ2v) is 10.3. The van der Waals surface area contributed by atoms with Crippen molar-refractivity contribution >= 4 is 6.08 Å². The summed E-state index contributed by atoms with van der Waals surface area (Å²) in [6, 6.07) is 5.49. The van der Waals surface area contributed by atoms with Crippen LogP contribution in [-0.4, -0.2) is 73.6 Å². The van der Waals surface area contributed by atoms with E-state index in [-0.39, 0.29) is 12.6 Å². The van der Waals surface area contributed by atoms with Crippen LogP contribution in [0.1, 0.15) is 74.5 Å². The number of aryl methyl sites for hydroxylation is 1.